The van der Waals surface area contributed by atoms with E-state index in [0.717, 1.165) is 0 Å². The lowest BCUT2D eigenvalue weighted by Crippen LogP contribution is -2.37. The zero-order valence-electron chi connectivity index (χ0n) is 5.27. The second-order valence-corrected chi connectivity index (χ2v) is 2.84. The Balaban J connectivity index is 4.02. The fourth-order valence-electron chi connectivity index (χ4n) is 0. The van der Waals surface area contributed by atoms with Crippen LogP contribution in [0.1, 0.15) is 20.8 Å². The molecule has 0 spiro atoms. The van der Waals surface area contributed by atoms with E-state index in [-0.39, 0.29) is 0 Å². The van der Waals surface area contributed by atoms with Gasteiger partial charge in [-0.15, -0.1) is 0 Å². The van der Waals surface area contributed by atoms with Gasteiger partial charge in [-0.05, 0) is 0 Å². The SMILES string of the molecule is CC(C)(C)C(O)(O)F. The predicted molar refractivity (Wildman–Crippen MR) is 27.7 cm³/mol. The van der Waals surface area contributed by atoms with E-state index >= 15 is 0 Å². The van der Waals surface area contributed by atoms with Crippen molar-refractivity contribution in [2.45, 2.75) is 26.8 Å². The van der Waals surface area contributed by atoms with Crippen LogP contribution in [0.15, 0.2) is 0 Å². The molecule has 50 valence electrons. The fraction of sp³-hybridized carbons (Fsp3) is 1.00. The lowest BCUT2D eigenvalue weighted by Gasteiger charge is -2.26. The van der Waals surface area contributed by atoms with E-state index in [0.29, 0.717) is 0 Å². The number of alkyl halides is 1. The Morgan fingerprint density at radius 1 is 1.12 bits per heavy atom. The van der Waals surface area contributed by atoms with E-state index in [1.54, 1.807) is 0 Å². The maximum absolute atomic E-state index is 12.0. The van der Waals surface area contributed by atoms with Crippen LogP contribution in [0.4, 0.5) is 4.39 Å². The molecule has 0 fully saturated rings. The van der Waals surface area contributed by atoms with E-state index in [9.17, 15) is 4.39 Å². The van der Waals surface area contributed by atoms with Crippen LogP contribution in [0.5, 0.6) is 0 Å². The second-order valence-electron chi connectivity index (χ2n) is 2.84. The summed E-state index contributed by atoms with van der Waals surface area (Å²) < 4.78 is 12.0. The Morgan fingerprint density at radius 2 is 1.25 bits per heavy atom. The summed E-state index contributed by atoms with van der Waals surface area (Å²) in [5.74, 6) is 0. The van der Waals surface area contributed by atoms with Crippen molar-refractivity contribution in [3.8, 4) is 0 Å². The maximum atomic E-state index is 12.0. The Bertz CT molecular complexity index is 65.4. The van der Waals surface area contributed by atoms with Gasteiger partial charge in [-0.25, -0.2) is 0 Å². The minimum Gasteiger partial charge on any atom is -0.340 e. The highest BCUT2D eigenvalue weighted by molar-refractivity contribution is 4.68. The quantitative estimate of drug-likeness (QED) is 0.463. The third kappa shape index (κ3) is 1.76. The van der Waals surface area contributed by atoms with Crippen molar-refractivity contribution in [2.75, 3.05) is 0 Å². The predicted octanol–water partition coefficient (Wildman–Crippen LogP) is 0.640. The lowest BCUT2D eigenvalue weighted by molar-refractivity contribution is -0.315. The number of hydrogen-bond acceptors (Lipinski definition) is 2. The number of halogens is 1. The van der Waals surface area contributed by atoms with Crippen molar-refractivity contribution in [3.63, 3.8) is 0 Å². The van der Waals surface area contributed by atoms with E-state index in [4.69, 9.17) is 10.2 Å². The van der Waals surface area contributed by atoms with Crippen LogP contribution in [0, 0.1) is 5.41 Å². The van der Waals surface area contributed by atoms with Crippen molar-refractivity contribution in [1.82, 2.24) is 0 Å². The van der Waals surface area contributed by atoms with Crippen molar-refractivity contribution >= 4 is 0 Å². The first-order chi connectivity index (χ1) is 3.25. The fourth-order valence-corrected chi connectivity index (χ4v) is 0. The van der Waals surface area contributed by atoms with Crippen LogP contribution < -0.4 is 0 Å². The van der Waals surface area contributed by atoms with Gasteiger partial charge in [0.15, 0.2) is 0 Å². The standard InChI is InChI=1S/C5H11FO2/c1-4(2,3)5(6,7)8/h7-8H,1-3H3. The third-order valence-electron chi connectivity index (χ3n) is 0.954. The summed E-state index contributed by atoms with van der Waals surface area (Å²) in [6, 6.07) is -3.06. The summed E-state index contributed by atoms with van der Waals surface area (Å²) in [6.07, 6.45) is 0. The van der Waals surface area contributed by atoms with Gasteiger partial charge in [-0.2, -0.15) is 4.39 Å². The first kappa shape index (κ1) is 7.85. The molecule has 0 radical (unpaired) electrons. The minimum absolute atomic E-state index is 1.12. The highest BCUT2D eigenvalue weighted by atomic mass is 19.2. The molecule has 0 aromatic rings. The van der Waals surface area contributed by atoms with Crippen LogP contribution in [0.2, 0.25) is 0 Å². The summed E-state index contributed by atoms with van der Waals surface area (Å²) >= 11 is 0. The van der Waals surface area contributed by atoms with Gasteiger partial charge in [-0.3, -0.25) is 0 Å². The maximum Gasteiger partial charge on any atom is 0.320 e. The first-order valence-electron chi connectivity index (χ1n) is 2.39. The Hall–Kier alpha value is -0.150. The van der Waals surface area contributed by atoms with Gasteiger partial charge >= 0.3 is 6.04 Å². The molecule has 0 atom stereocenters. The zero-order chi connectivity index (χ0) is 7.00. The lowest BCUT2D eigenvalue weighted by atomic mass is 9.95. The Kier molecular flexibility index (Phi) is 1.64. The monoisotopic (exact) mass is 122 g/mol. The van der Waals surface area contributed by atoms with Gasteiger partial charge < -0.3 is 10.2 Å². The third-order valence-corrected chi connectivity index (χ3v) is 0.954. The highest BCUT2D eigenvalue weighted by Gasteiger charge is 2.37. The van der Waals surface area contributed by atoms with E-state index < -0.39 is 11.5 Å². The molecule has 0 aliphatic carbocycles. The largest absolute Gasteiger partial charge is 0.340 e. The average molecular weight is 122 g/mol. The highest BCUT2D eigenvalue weighted by Crippen LogP contribution is 2.28. The molecule has 0 aliphatic heterocycles. The number of aliphatic hydroxyl groups is 2. The molecule has 0 aromatic carbocycles. The van der Waals surface area contributed by atoms with Crippen LogP contribution in [0.25, 0.3) is 0 Å². The Morgan fingerprint density at radius 3 is 1.25 bits per heavy atom. The molecule has 0 unspecified atom stereocenters. The smallest absolute Gasteiger partial charge is 0.320 e. The summed E-state index contributed by atoms with van der Waals surface area (Å²) in [7, 11) is 0. The molecule has 0 heterocycles. The molecule has 2 N–H and O–H groups in total. The van der Waals surface area contributed by atoms with E-state index in [1.807, 2.05) is 0 Å². The molecular formula is C5H11FO2. The van der Waals surface area contributed by atoms with Gasteiger partial charge in [0.1, 0.15) is 0 Å². The molecule has 0 saturated heterocycles. The number of rotatable bonds is 0. The summed E-state index contributed by atoms with van der Waals surface area (Å²) in [4.78, 5) is 0. The van der Waals surface area contributed by atoms with Crippen LogP contribution in [-0.2, 0) is 0 Å². The van der Waals surface area contributed by atoms with Gasteiger partial charge in [0.25, 0.3) is 0 Å². The van der Waals surface area contributed by atoms with Crippen molar-refractivity contribution in [2.24, 2.45) is 5.41 Å². The van der Waals surface area contributed by atoms with Crippen LogP contribution >= 0.6 is 0 Å². The van der Waals surface area contributed by atoms with Gasteiger partial charge in [0, 0.05) is 5.41 Å². The molecule has 0 amide bonds. The van der Waals surface area contributed by atoms with Crippen molar-refractivity contribution in [1.29, 1.82) is 0 Å². The molecule has 2 nitrogen and oxygen atoms in total. The van der Waals surface area contributed by atoms with Gasteiger partial charge in [0.2, 0.25) is 0 Å². The number of hydrogen-bond donors (Lipinski definition) is 2. The normalized spacial score (nSPS) is 14.2. The molecule has 0 aliphatic rings. The van der Waals surface area contributed by atoms with E-state index in [1.165, 1.54) is 20.8 Å². The zero-order valence-corrected chi connectivity index (χ0v) is 5.27. The molecule has 0 aromatic heterocycles. The van der Waals surface area contributed by atoms with E-state index in [2.05, 4.69) is 0 Å². The topological polar surface area (TPSA) is 40.5 Å². The molecule has 0 bridgehead atoms. The average Bonchev–Trinajstić information content (AvgIpc) is 1.25. The summed E-state index contributed by atoms with van der Waals surface area (Å²) in [5, 5.41) is 16.5. The second kappa shape index (κ2) is 1.67. The minimum atomic E-state index is -3.06. The Labute approximate surface area is 48.0 Å². The molecule has 8 heavy (non-hydrogen) atoms. The van der Waals surface area contributed by atoms with Crippen molar-refractivity contribution < 1.29 is 14.6 Å². The van der Waals surface area contributed by atoms with Crippen molar-refractivity contribution in [3.05, 3.63) is 0 Å². The van der Waals surface area contributed by atoms with Gasteiger partial charge in [0.05, 0.1) is 0 Å². The molecule has 0 rings (SSSR count). The first-order valence-corrected chi connectivity index (χ1v) is 2.39. The van der Waals surface area contributed by atoms with Crippen LogP contribution in [-0.4, -0.2) is 16.3 Å². The molecular weight excluding hydrogens is 111 g/mol. The summed E-state index contributed by atoms with van der Waals surface area (Å²) in [5.41, 5.74) is -1.12. The molecule has 3 heteroatoms. The molecule has 0 saturated carbocycles. The summed E-state index contributed by atoms with van der Waals surface area (Å²) in [6.45, 7) is 4.19. The van der Waals surface area contributed by atoms with Crippen LogP contribution in [0.3, 0.4) is 0 Å². The van der Waals surface area contributed by atoms with Gasteiger partial charge in [-0.1, -0.05) is 20.8 Å².